The fraction of sp³-hybridized carbons (Fsp3) is 0.350. The van der Waals surface area contributed by atoms with Gasteiger partial charge >= 0.3 is 0 Å². The molecule has 1 heterocycles. The Labute approximate surface area is 171 Å². The Morgan fingerprint density at radius 1 is 1.04 bits per heavy atom. The molecule has 0 unspecified atom stereocenters. The van der Waals surface area contributed by atoms with Gasteiger partial charge in [0.1, 0.15) is 0 Å². The van der Waals surface area contributed by atoms with E-state index in [9.17, 15) is 13.2 Å². The zero-order valence-electron chi connectivity index (χ0n) is 15.8. The SMILES string of the molecule is Cc1ccccc1CNC(=O)CN1CCN(S(=O)(=O)c2ccc(Cl)cc2)CC1. The van der Waals surface area contributed by atoms with Crippen molar-refractivity contribution in [1.29, 1.82) is 0 Å². The van der Waals surface area contributed by atoms with E-state index in [1.54, 1.807) is 12.1 Å². The lowest BCUT2D eigenvalue weighted by molar-refractivity contribution is -0.122. The second kappa shape index (κ2) is 9.05. The van der Waals surface area contributed by atoms with E-state index in [4.69, 9.17) is 11.6 Å². The number of rotatable bonds is 6. The summed E-state index contributed by atoms with van der Waals surface area (Å²) in [4.78, 5) is 14.4. The first kappa shape index (κ1) is 20.8. The van der Waals surface area contributed by atoms with Crippen LogP contribution in [0, 0.1) is 6.92 Å². The fourth-order valence-electron chi connectivity index (χ4n) is 3.14. The van der Waals surface area contributed by atoms with Gasteiger partial charge in [0.2, 0.25) is 15.9 Å². The molecule has 0 spiro atoms. The molecule has 1 aliphatic heterocycles. The van der Waals surface area contributed by atoms with Gasteiger partial charge in [0.05, 0.1) is 11.4 Å². The molecule has 3 rings (SSSR count). The van der Waals surface area contributed by atoms with E-state index in [0.717, 1.165) is 11.1 Å². The number of nitrogens with zero attached hydrogens (tertiary/aromatic N) is 2. The van der Waals surface area contributed by atoms with Crippen molar-refractivity contribution < 1.29 is 13.2 Å². The van der Waals surface area contributed by atoms with Gasteiger partial charge in [-0.15, -0.1) is 0 Å². The number of hydrogen-bond donors (Lipinski definition) is 1. The summed E-state index contributed by atoms with van der Waals surface area (Å²) in [6, 6.07) is 14.1. The summed E-state index contributed by atoms with van der Waals surface area (Å²) >= 11 is 5.84. The molecule has 0 aromatic heterocycles. The normalized spacial score (nSPS) is 16.1. The Bertz CT molecular complexity index is 924. The van der Waals surface area contributed by atoms with Crippen molar-refractivity contribution in [2.24, 2.45) is 0 Å². The van der Waals surface area contributed by atoms with Crippen LogP contribution in [0.4, 0.5) is 0 Å². The molecule has 1 fully saturated rings. The van der Waals surface area contributed by atoms with Crippen molar-refractivity contribution in [3.63, 3.8) is 0 Å². The topological polar surface area (TPSA) is 69.7 Å². The van der Waals surface area contributed by atoms with Crippen LogP contribution in [0.25, 0.3) is 0 Å². The van der Waals surface area contributed by atoms with Crippen LogP contribution in [-0.2, 0) is 21.4 Å². The second-order valence-corrected chi connectivity index (χ2v) is 9.21. The number of piperazine rings is 1. The Balaban J connectivity index is 1.49. The third-order valence-electron chi connectivity index (χ3n) is 4.89. The molecule has 2 aromatic rings. The van der Waals surface area contributed by atoms with Gasteiger partial charge in [-0.1, -0.05) is 35.9 Å². The Hall–Kier alpha value is -1.93. The molecule has 1 N–H and O–H groups in total. The van der Waals surface area contributed by atoms with Crippen molar-refractivity contribution in [1.82, 2.24) is 14.5 Å². The lowest BCUT2D eigenvalue weighted by Gasteiger charge is -2.33. The van der Waals surface area contributed by atoms with Crippen LogP contribution < -0.4 is 5.32 Å². The molecule has 0 saturated carbocycles. The predicted molar refractivity (Wildman–Crippen MR) is 110 cm³/mol. The zero-order chi connectivity index (χ0) is 20.1. The minimum atomic E-state index is -3.53. The van der Waals surface area contributed by atoms with Gasteiger partial charge in [-0.3, -0.25) is 9.69 Å². The molecule has 0 bridgehead atoms. The number of aryl methyl sites for hydroxylation is 1. The minimum Gasteiger partial charge on any atom is -0.351 e. The van der Waals surface area contributed by atoms with Crippen LogP contribution in [0.3, 0.4) is 0 Å². The summed E-state index contributed by atoms with van der Waals surface area (Å²) < 4.78 is 26.9. The summed E-state index contributed by atoms with van der Waals surface area (Å²) in [5.41, 5.74) is 2.23. The highest BCUT2D eigenvalue weighted by molar-refractivity contribution is 7.89. The molecule has 8 heteroatoms. The number of amides is 1. The van der Waals surface area contributed by atoms with Crippen LogP contribution >= 0.6 is 11.6 Å². The molecule has 2 aromatic carbocycles. The summed E-state index contributed by atoms with van der Waals surface area (Å²) in [5, 5.41) is 3.44. The van der Waals surface area contributed by atoms with Crippen LogP contribution in [-0.4, -0.2) is 56.3 Å². The van der Waals surface area contributed by atoms with Gasteiger partial charge in [-0.05, 0) is 42.3 Å². The third kappa shape index (κ3) is 5.11. The van der Waals surface area contributed by atoms with E-state index in [1.165, 1.54) is 16.4 Å². The van der Waals surface area contributed by atoms with Gasteiger partial charge in [0.15, 0.2) is 0 Å². The van der Waals surface area contributed by atoms with Crippen molar-refractivity contribution in [2.75, 3.05) is 32.7 Å². The lowest BCUT2D eigenvalue weighted by atomic mass is 10.1. The van der Waals surface area contributed by atoms with Crippen molar-refractivity contribution in [3.8, 4) is 0 Å². The van der Waals surface area contributed by atoms with Crippen molar-refractivity contribution >= 4 is 27.5 Å². The van der Waals surface area contributed by atoms with E-state index < -0.39 is 10.0 Å². The largest absolute Gasteiger partial charge is 0.351 e. The van der Waals surface area contributed by atoms with E-state index in [-0.39, 0.29) is 17.3 Å². The molecule has 0 radical (unpaired) electrons. The van der Waals surface area contributed by atoms with Crippen LogP contribution in [0.1, 0.15) is 11.1 Å². The van der Waals surface area contributed by atoms with Crippen LogP contribution in [0.15, 0.2) is 53.4 Å². The minimum absolute atomic E-state index is 0.0581. The summed E-state index contributed by atoms with van der Waals surface area (Å²) in [6.07, 6.45) is 0. The monoisotopic (exact) mass is 421 g/mol. The first-order valence-corrected chi connectivity index (χ1v) is 11.0. The molecule has 1 saturated heterocycles. The van der Waals surface area contributed by atoms with Gasteiger partial charge < -0.3 is 5.32 Å². The summed E-state index contributed by atoms with van der Waals surface area (Å²) in [6.45, 7) is 4.53. The zero-order valence-corrected chi connectivity index (χ0v) is 17.3. The molecular weight excluding hydrogens is 398 g/mol. The van der Waals surface area contributed by atoms with Crippen molar-refractivity contribution in [3.05, 3.63) is 64.7 Å². The Morgan fingerprint density at radius 2 is 1.68 bits per heavy atom. The number of carbonyl (C=O) groups is 1. The molecule has 1 amide bonds. The van der Waals surface area contributed by atoms with Gasteiger partial charge in [0, 0.05) is 37.7 Å². The average molecular weight is 422 g/mol. The smallest absolute Gasteiger partial charge is 0.243 e. The van der Waals surface area contributed by atoms with Gasteiger partial charge in [0.25, 0.3) is 0 Å². The standard InChI is InChI=1S/C20H24ClN3O3S/c1-16-4-2-3-5-17(16)14-22-20(25)15-23-10-12-24(13-11-23)28(26,27)19-8-6-18(21)7-9-19/h2-9H,10-15H2,1H3,(H,22,25). The maximum absolute atomic E-state index is 12.7. The molecule has 28 heavy (non-hydrogen) atoms. The highest BCUT2D eigenvalue weighted by atomic mass is 35.5. The fourth-order valence-corrected chi connectivity index (χ4v) is 4.69. The number of sulfonamides is 1. The molecular formula is C20H24ClN3O3S. The van der Waals surface area contributed by atoms with E-state index in [0.29, 0.717) is 37.7 Å². The molecule has 150 valence electrons. The van der Waals surface area contributed by atoms with Gasteiger partial charge in [-0.2, -0.15) is 4.31 Å². The average Bonchev–Trinajstić information content (AvgIpc) is 2.68. The Kier molecular flexibility index (Phi) is 6.72. The van der Waals surface area contributed by atoms with Gasteiger partial charge in [-0.25, -0.2) is 8.42 Å². The predicted octanol–water partition coefficient (Wildman–Crippen LogP) is 2.27. The summed E-state index contributed by atoms with van der Waals surface area (Å²) in [7, 11) is -3.53. The Morgan fingerprint density at radius 3 is 2.32 bits per heavy atom. The van der Waals surface area contributed by atoms with E-state index in [1.807, 2.05) is 36.1 Å². The molecule has 1 aliphatic rings. The van der Waals surface area contributed by atoms with Crippen LogP contribution in [0.5, 0.6) is 0 Å². The highest BCUT2D eigenvalue weighted by Gasteiger charge is 2.28. The number of hydrogen-bond acceptors (Lipinski definition) is 4. The second-order valence-electron chi connectivity index (χ2n) is 6.84. The third-order valence-corrected chi connectivity index (χ3v) is 7.05. The van der Waals surface area contributed by atoms with E-state index >= 15 is 0 Å². The lowest BCUT2D eigenvalue weighted by Crippen LogP contribution is -2.50. The molecule has 6 nitrogen and oxygen atoms in total. The first-order valence-electron chi connectivity index (χ1n) is 9.15. The molecule has 0 aliphatic carbocycles. The number of halogens is 1. The first-order chi connectivity index (χ1) is 13.4. The number of benzene rings is 2. The molecule has 0 atom stereocenters. The quantitative estimate of drug-likeness (QED) is 0.776. The van der Waals surface area contributed by atoms with Crippen molar-refractivity contribution in [2.45, 2.75) is 18.4 Å². The maximum atomic E-state index is 12.7. The maximum Gasteiger partial charge on any atom is 0.243 e. The number of carbonyl (C=O) groups excluding carboxylic acids is 1. The van der Waals surface area contributed by atoms with Crippen LogP contribution in [0.2, 0.25) is 5.02 Å². The highest BCUT2D eigenvalue weighted by Crippen LogP contribution is 2.19. The number of nitrogens with one attached hydrogen (secondary N) is 1. The van der Waals surface area contributed by atoms with E-state index in [2.05, 4.69) is 5.32 Å². The summed E-state index contributed by atoms with van der Waals surface area (Å²) in [5.74, 6) is -0.0581.